The first-order valence-corrected chi connectivity index (χ1v) is 50.9. The van der Waals surface area contributed by atoms with E-state index in [0.717, 1.165) is 167 Å². The highest BCUT2D eigenvalue weighted by atomic mass is 16.5. The van der Waals surface area contributed by atoms with Crippen molar-refractivity contribution in [2.24, 2.45) is 18.7 Å². The van der Waals surface area contributed by atoms with Gasteiger partial charge in [-0.05, 0) is 297 Å². The highest BCUT2D eigenvalue weighted by Crippen LogP contribution is 2.35. The Morgan fingerprint density at radius 2 is 0.719 bits per heavy atom. The summed E-state index contributed by atoms with van der Waals surface area (Å²) in [6.45, 7) is 40.2. The maximum atomic E-state index is 10.3. The van der Waals surface area contributed by atoms with Crippen LogP contribution in [0.4, 0.5) is 0 Å². The van der Waals surface area contributed by atoms with Gasteiger partial charge >= 0.3 is 0 Å². The lowest BCUT2D eigenvalue weighted by molar-refractivity contribution is 0.175. The van der Waals surface area contributed by atoms with Gasteiger partial charge in [-0.3, -0.25) is 19.9 Å². The van der Waals surface area contributed by atoms with Crippen molar-refractivity contribution in [1.29, 1.82) is 0 Å². The molecule has 22 rings (SSSR count). The second kappa shape index (κ2) is 46.3. The minimum Gasteiger partial charge on any atom is -0.497 e. The van der Waals surface area contributed by atoms with Crippen LogP contribution in [0.5, 0.6) is 5.75 Å². The molecule has 21 heteroatoms. The molecule has 10 aromatic heterocycles. The van der Waals surface area contributed by atoms with Gasteiger partial charge in [-0.1, -0.05) is 200 Å². The molecular formula is C125H141N19O2. The number of hydrogen-bond acceptors (Lipinski definition) is 14. The molecule has 3 N–H and O–H groups in total. The van der Waals surface area contributed by atoms with E-state index in [9.17, 15) is 5.11 Å². The molecule has 11 heterocycles. The van der Waals surface area contributed by atoms with Crippen molar-refractivity contribution in [3.8, 4) is 5.75 Å². The molecule has 748 valence electrons. The Balaban J connectivity index is 0.000000122. The van der Waals surface area contributed by atoms with Gasteiger partial charge in [-0.25, -0.2) is 34.9 Å². The van der Waals surface area contributed by atoms with Gasteiger partial charge in [0.2, 0.25) is 0 Å². The number of hydrogen-bond donors (Lipinski definition) is 2. The Hall–Kier alpha value is -15.2. The number of pyridine rings is 3. The van der Waals surface area contributed by atoms with E-state index >= 15 is 0 Å². The number of likely N-dealkylation sites (tertiary alicyclic amines) is 1. The molecule has 1 fully saturated rings. The fourth-order valence-corrected chi connectivity index (χ4v) is 19.6. The lowest BCUT2D eigenvalue weighted by Gasteiger charge is -2.24. The van der Waals surface area contributed by atoms with E-state index < -0.39 is 6.10 Å². The minimum atomic E-state index is -0.517. The monoisotopic (exact) mass is 1940 g/mol. The molecule has 11 aromatic carbocycles. The molecule has 2 unspecified atom stereocenters. The standard InChI is InChI=1S/C21H26N4.C19H22N2O.C18H20N2.3C17H19N3.C16H16N2O/c1-16-6-8-17(9-7-16)14-25-20-5-3-2-4-19(20)23-21(25)15-24-11-10-18(12-22)13-24;1-19(2,3)21-17-11-6-5-10-16(17)20-18(21)13-14-8-7-9-15(12-14)22-4;1-18(2,3)20-16-12-8-7-11-15(16)19-17(20)13-14-9-5-4-6-10-14;1-17(2,3)20-15-10-5-4-9-14(15)19-16(20)12-13-8-6-7-11-18-13;1-17(2,3)20-15-9-5-4-8-14(15)19-16(20)11-13-7-6-10-18-12-13;1-17(2,3)20-15-7-5-4-6-14(15)19-16(20)12-13-8-10-18-11-9-13;1-18-14-10-6-5-9-13(14)17-16(18)11-15(19)12-7-3-2-4-8-12/h2-9,18H,10-15,22H2,1H3;5-12H,13H2,1-4H3;4-12H,13H2,1-3H3;4-11H,12H2,1-3H3;4-10,12H,11H2,1-3H3;4-11H,12H2,1-3H3;2-10,15,19H,11H2,1H3. The first kappa shape index (κ1) is 104. The topological polar surface area (TPSA) is 222 Å². The van der Waals surface area contributed by atoms with E-state index in [0.29, 0.717) is 12.3 Å². The van der Waals surface area contributed by atoms with Crippen LogP contribution < -0.4 is 10.5 Å². The summed E-state index contributed by atoms with van der Waals surface area (Å²) in [5.74, 6) is 9.05. The maximum Gasteiger partial charge on any atom is 0.124 e. The van der Waals surface area contributed by atoms with Gasteiger partial charge in [0.05, 0.1) is 97.0 Å². The van der Waals surface area contributed by atoms with E-state index in [2.05, 4.69) is 357 Å². The molecule has 0 spiro atoms. The van der Waals surface area contributed by atoms with Crippen molar-refractivity contribution in [2.45, 2.75) is 203 Å². The van der Waals surface area contributed by atoms with E-state index in [1.807, 2.05) is 164 Å². The second-order valence-electron chi connectivity index (χ2n) is 42.8. The van der Waals surface area contributed by atoms with Crippen LogP contribution in [-0.4, -0.2) is 119 Å². The number of methoxy groups -OCH3 is 1. The summed E-state index contributed by atoms with van der Waals surface area (Å²) in [4.78, 5) is 48.8. The van der Waals surface area contributed by atoms with Crippen molar-refractivity contribution in [3.63, 3.8) is 0 Å². The average molecular weight is 1940 g/mol. The third kappa shape index (κ3) is 26.0. The number of para-hydroxylation sites is 14. The van der Waals surface area contributed by atoms with Gasteiger partial charge in [0.1, 0.15) is 46.5 Å². The Morgan fingerprint density at radius 1 is 0.342 bits per heavy atom. The van der Waals surface area contributed by atoms with Gasteiger partial charge < -0.3 is 47.5 Å². The number of aryl methyl sites for hydroxylation is 2. The molecule has 1 aliphatic heterocycles. The lowest BCUT2D eigenvalue weighted by Crippen LogP contribution is -2.24. The third-order valence-electron chi connectivity index (χ3n) is 26.2. The van der Waals surface area contributed by atoms with E-state index in [-0.39, 0.29) is 27.7 Å². The zero-order valence-electron chi connectivity index (χ0n) is 88.1. The minimum absolute atomic E-state index is 0.000215. The Labute approximate surface area is 860 Å². The molecule has 1 aliphatic rings. The summed E-state index contributed by atoms with van der Waals surface area (Å²) in [7, 11) is 3.69. The van der Waals surface area contributed by atoms with Gasteiger partial charge in [0, 0.05) is 123 Å². The Bertz CT molecular complexity index is 7300. The van der Waals surface area contributed by atoms with E-state index in [1.165, 1.54) is 72.9 Å². The zero-order valence-corrected chi connectivity index (χ0v) is 88.1. The molecule has 21 aromatic rings. The smallest absolute Gasteiger partial charge is 0.124 e. The van der Waals surface area contributed by atoms with Crippen molar-refractivity contribution < 1.29 is 9.84 Å². The van der Waals surface area contributed by atoms with Crippen LogP contribution in [0.3, 0.4) is 0 Å². The summed E-state index contributed by atoms with van der Waals surface area (Å²) >= 11 is 0. The number of fused-ring (bicyclic) bond motifs is 7. The number of rotatable bonds is 19. The van der Waals surface area contributed by atoms with Gasteiger partial charge in [-0.15, -0.1) is 0 Å². The number of nitrogens with two attached hydrogens (primary N) is 1. The maximum absolute atomic E-state index is 10.3. The summed E-state index contributed by atoms with van der Waals surface area (Å²) < 4.78 is 21.4. The number of imidazole rings is 7. The van der Waals surface area contributed by atoms with Crippen molar-refractivity contribution in [1.82, 2.24) is 86.7 Å². The largest absolute Gasteiger partial charge is 0.497 e. The van der Waals surface area contributed by atoms with Gasteiger partial charge in [-0.2, -0.15) is 0 Å². The van der Waals surface area contributed by atoms with Crippen LogP contribution in [0, 0.1) is 12.8 Å². The van der Waals surface area contributed by atoms with Crippen molar-refractivity contribution in [3.05, 3.63) is 438 Å². The lowest BCUT2D eigenvalue weighted by atomic mass is 10.1. The van der Waals surface area contributed by atoms with Crippen LogP contribution >= 0.6 is 0 Å². The van der Waals surface area contributed by atoms with Crippen LogP contribution in [0.1, 0.15) is 202 Å². The Morgan fingerprint density at radius 3 is 1.14 bits per heavy atom. The third-order valence-corrected chi connectivity index (χ3v) is 26.2. The molecule has 1 saturated heterocycles. The van der Waals surface area contributed by atoms with Gasteiger partial charge in [0.15, 0.2) is 0 Å². The molecule has 0 saturated carbocycles. The fraction of sp³-hybridized carbons (Fsp3) is 0.296. The second-order valence-corrected chi connectivity index (χ2v) is 42.8. The molecule has 146 heavy (non-hydrogen) atoms. The first-order chi connectivity index (χ1) is 70.2. The highest BCUT2D eigenvalue weighted by Gasteiger charge is 2.29. The molecule has 0 amide bonds. The predicted octanol–water partition coefficient (Wildman–Crippen LogP) is 26.1. The number of benzene rings is 11. The SMILES string of the molecule is CC(C)(C)n1c(Cc2ccccc2)nc2ccccc21.CC(C)(C)n1c(Cc2ccccn2)nc2ccccc21.CC(C)(C)n1c(Cc2cccnc2)nc2ccccc21.CC(C)(C)n1c(Cc2ccncc2)nc2ccccc21.COc1cccc(Cc2nc3ccccc3n2C(C)(C)C)c1.Cc1ccc(Cn2c(CN3CCC(CN)C3)nc3ccccc32)cc1.Cn1c(CC(O)c2ccccc2)nc2ccccc21. The fourth-order valence-electron chi connectivity index (χ4n) is 19.6. The summed E-state index contributed by atoms with van der Waals surface area (Å²) in [5, 5.41) is 10.3. The molecule has 0 aliphatic carbocycles. The van der Waals surface area contributed by atoms with Crippen LogP contribution in [0.2, 0.25) is 0 Å². The number of aliphatic hydroxyl groups excluding tert-OH is 1. The summed E-state index contributed by atoms with van der Waals surface area (Å²) in [6, 6.07) is 110. The van der Waals surface area contributed by atoms with Crippen molar-refractivity contribution in [2.75, 3.05) is 26.7 Å². The zero-order chi connectivity index (χ0) is 103. The summed E-state index contributed by atoms with van der Waals surface area (Å²) in [5.41, 5.74) is 31.0. The Kier molecular flexibility index (Phi) is 32.9. The average Bonchev–Trinajstić information content (AvgIpc) is 1.63. The summed E-state index contributed by atoms with van der Waals surface area (Å²) in [6.07, 6.45) is 14.5. The normalized spacial score (nSPS) is 13.1. The first-order valence-electron chi connectivity index (χ1n) is 50.9. The number of nitrogens with zero attached hydrogens (tertiary/aromatic N) is 18. The van der Waals surface area contributed by atoms with Crippen LogP contribution in [0.15, 0.2) is 353 Å². The molecular weight excluding hydrogens is 1800 g/mol. The number of aromatic nitrogens is 17. The molecule has 0 bridgehead atoms. The van der Waals surface area contributed by atoms with E-state index in [4.69, 9.17) is 40.4 Å². The van der Waals surface area contributed by atoms with E-state index in [1.54, 1.807) is 13.3 Å². The quantitative estimate of drug-likeness (QED) is 0.0769. The molecule has 21 nitrogen and oxygen atoms in total. The molecule has 0 radical (unpaired) electrons. The number of aliphatic hydroxyl groups is 1. The van der Waals surface area contributed by atoms with Crippen LogP contribution in [-0.2, 0) is 86.4 Å². The predicted molar refractivity (Wildman–Crippen MR) is 598 cm³/mol. The number of ether oxygens (including phenoxy) is 1. The highest BCUT2D eigenvalue weighted by molar-refractivity contribution is 5.81. The van der Waals surface area contributed by atoms with Crippen LogP contribution in [0.25, 0.3) is 77.2 Å². The van der Waals surface area contributed by atoms with Gasteiger partial charge in [0.25, 0.3) is 0 Å². The molecule has 2 atom stereocenters. The van der Waals surface area contributed by atoms with Crippen molar-refractivity contribution >= 4 is 77.2 Å².